The average molecular weight is 431 g/mol. The summed E-state index contributed by atoms with van der Waals surface area (Å²) in [7, 11) is 0. The summed E-state index contributed by atoms with van der Waals surface area (Å²) < 4.78 is 5.94. The van der Waals surface area contributed by atoms with Gasteiger partial charge >= 0.3 is 0 Å². The second-order valence-corrected chi connectivity index (χ2v) is 7.74. The fourth-order valence-corrected chi connectivity index (χ4v) is 4.03. The molecule has 0 fully saturated rings. The van der Waals surface area contributed by atoms with E-state index in [1.165, 1.54) is 0 Å². The van der Waals surface area contributed by atoms with Crippen molar-refractivity contribution >= 4 is 28.3 Å². The minimum Gasteiger partial charge on any atom is -0.450 e. The van der Waals surface area contributed by atoms with Gasteiger partial charge in [0.15, 0.2) is 5.76 Å². The molecule has 1 aromatic heterocycles. The first kappa shape index (κ1) is 20.5. The molecule has 4 nitrogen and oxygen atoms in total. The van der Waals surface area contributed by atoms with Gasteiger partial charge in [0.05, 0.1) is 11.6 Å². The third-order valence-corrected chi connectivity index (χ3v) is 5.61. The van der Waals surface area contributed by atoms with Crippen LogP contribution in [-0.4, -0.2) is 11.7 Å². The molecule has 0 aliphatic rings. The number of fused-ring (bicyclic) bond motifs is 1. The molecule has 5 rings (SSSR count). The smallest absolute Gasteiger partial charge is 0.236 e. The molecule has 4 heteroatoms. The summed E-state index contributed by atoms with van der Waals surface area (Å²) in [5.41, 5.74) is 3.16. The summed E-state index contributed by atoms with van der Waals surface area (Å²) >= 11 is 0. The number of nitrogens with one attached hydrogen (secondary N) is 1. The fraction of sp³-hybridized carbons (Fsp3) is 0.0345. The molecule has 0 spiro atoms. The quantitative estimate of drug-likeness (QED) is 0.315. The van der Waals surface area contributed by atoms with Gasteiger partial charge in [0.2, 0.25) is 11.7 Å². The van der Waals surface area contributed by atoms with Gasteiger partial charge in [-0.05, 0) is 23.3 Å². The number of carbonyl (C=O) groups excluding carboxylic acids is 2. The lowest BCUT2D eigenvalue weighted by molar-refractivity contribution is -0.116. The fourth-order valence-electron chi connectivity index (χ4n) is 4.03. The first-order valence-corrected chi connectivity index (χ1v) is 10.7. The highest BCUT2D eigenvalue weighted by molar-refractivity contribution is 6.17. The van der Waals surface area contributed by atoms with Crippen molar-refractivity contribution in [1.29, 1.82) is 0 Å². The van der Waals surface area contributed by atoms with Crippen LogP contribution in [0.3, 0.4) is 0 Å². The normalized spacial score (nSPS) is 10.9. The van der Waals surface area contributed by atoms with E-state index >= 15 is 0 Å². The molecule has 0 atom stereocenters. The van der Waals surface area contributed by atoms with Gasteiger partial charge in [0.1, 0.15) is 5.58 Å². The zero-order valence-electron chi connectivity index (χ0n) is 17.8. The van der Waals surface area contributed by atoms with Gasteiger partial charge in [0, 0.05) is 10.9 Å². The molecule has 1 heterocycles. The van der Waals surface area contributed by atoms with Gasteiger partial charge in [-0.25, -0.2) is 0 Å². The van der Waals surface area contributed by atoms with Crippen LogP contribution in [0.15, 0.2) is 120 Å². The molecule has 0 saturated carbocycles. The van der Waals surface area contributed by atoms with Crippen LogP contribution in [-0.2, 0) is 4.79 Å². The van der Waals surface area contributed by atoms with E-state index in [1.807, 2.05) is 84.9 Å². The Balaban J connectivity index is 1.59. The molecular formula is C29H21NO3. The number of benzene rings is 4. The van der Waals surface area contributed by atoms with E-state index < -0.39 is 5.92 Å². The summed E-state index contributed by atoms with van der Waals surface area (Å²) in [5, 5.41) is 3.71. The van der Waals surface area contributed by atoms with E-state index in [0.717, 1.165) is 11.1 Å². The lowest BCUT2D eigenvalue weighted by Crippen LogP contribution is -2.23. The Morgan fingerprint density at radius 1 is 0.636 bits per heavy atom. The first-order valence-electron chi connectivity index (χ1n) is 10.7. The Morgan fingerprint density at radius 2 is 1.15 bits per heavy atom. The van der Waals surface area contributed by atoms with Crippen LogP contribution in [0.2, 0.25) is 0 Å². The number of amides is 1. The van der Waals surface area contributed by atoms with Crippen LogP contribution in [0.1, 0.15) is 33.2 Å². The molecule has 1 amide bonds. The molecule has 0 saturated heterocycles. The van der Waals surface area contributed by atoms with Crippen molar-refractivity contribution in [3.63, 3.8) is 0 Å². The van der Waals surface area contributed by atoms with Crippen LogP contribution in [0.25, 0.3) is 11.0 Å². The summed E-state index contributed by atoms with van der Waals surface area (Å²) in [4.78, 5) is 27.0. The van der Waals surface area contributed by atoms with Crippen molar-refractivity contribution in [3.05, 3.63) is 138 Å². The number of para-hydroxylation sites is 1. The van der Waals surface area contributed by atoms with Crippen LogP contribution < -0.4 is 5.32 Å². The topological polar surface area (TPSA) is 59.3 Å². The van der Waals surface area contributed by atoms with Gasteiger partial charge in [-0.3, -0.25) is 9.59 Å². The highest BCUT2D eigenvalue weighted by atomic mass is 16.3. The van der Waals surface area contributed by atoms with Crippen molar-refractivity contribution in [3.8, 4) is 0 Å². The monoisotopic (exact) mass is 431 g/mol. The maximum Gasteiger partial charge on any atom is 0.236 e. The van der Waals surface area contributed by atoms with E-state index in [1.54, 1.807) is 30.3 Å². The first-order chi connectivity index (χ1) is 16.2. The number of anilines is 1. The largest absolute Gasteiger partial charge is 0.450 e. The van der Waals surface area contributed by atoms with Crippen LogP contribution in [0.4, 0.5) is 5.69 Å². The molecular weight excluding hydrogens is 410 g/mol. The Morgan fingerprint density at radius 3 is 1.76 bits per heavy atom. The predicted octanol–water partition coefficient (Wildman–Crippen LogP) is 6.43. The number of rotatable bonds is 6. The Bertz CT molecular complexity index is 1370. The molecule has 1 N–H and O–H groups in total. The van der Waals surface area contributed by atoms with E-state index in [4.69, 9.17) is 4.42 Å². The van der Waals surface area contributed by atoms with Gasteiger partial charge < -0.3 is 9.73 Å². The number of hydrogen-bond acceptors (Lipinski definition) is 3. The highest BCUT2D eigenvalue weighted by Gasteiger charge is 2.28. The van der Waals surface area contributed by atoms with Gasteiger partial charge in [-0.2, -0.15) is 0 Å². The minimum absolute atomic E-state index is 0.121. The van der Waals surface area contributed by atoms with E-state index in [0.29, 0.717) is 22.2 Å². The average Bonchev–Trinajstić information content (AvgIpc) is 3.24. The molecule has 0 unspecified atom stereocenters. The molecule has 0 bridgehead atoms. The summed E-state index contributed by atoms with van der Waals surface area (Å²) in [5.74, 6) is -0.935. The van der Waals surface area contributed by atoms with Crippen molar-refractivity contribution in [1.82, 2.24) is 0 Å². The van der Waals surface area contributed by atoms with Gasteiger partial charge in [0.25, 0.3) is 0 Å². The number of furan rings is 1. The SMILES string of the molecule is O=C(c1ccccc1)c1oc2ccccc2c1NC(=O)C(c1ccccc1)c1ccccc1. The van der Waals surface area contributed by atoms with E-state index in [9.17, 15) is 9.59 Å². The zero-order valence-corrected chi connectivity index (χ0v) is 17.8. The molecule has 5 aromatic rings. The summed E-state index contributed by atoms with van der Waals surface area (Å²) in [6.45, 7) is 0. The van der Waals surface area contributed by atoms with E-state index in [-0.39, 0.29) is 17.5 Å². The van der Waals surface area contributed by atoms with Crippen molar-refractivity contribution in [2.75, 3.05) is 5.32 Å². The second kappa shape index (κ2) is 8.97. The maximum absolute atomic E-state index is 13.7. The standard InChI is InChI=1S/C29H21NO3/c31-27(22-16-8-3-9-17-22)28-26(23-18-10-11-19-24(23)33-28)30-29(32)25(20-12-4-1-5-13-20)21-14-6-2-7-15-21/h1-19,25H,(H,30,32). The van der Waals surface area contributed by atoms with E-state index in [2.05, 4.69) is 5.32 Å². The Hall–Kier alpha value is -4.44. The number of carbonyl (C=O) groups is 2. The number of ketones is 1. The van der Waals surface area contributed by atoms with Crippen molar-refractivity contribution in [2.24, 2.45) is 0 Å². The van der Waals surface area contributed by atoms with Gasteiger partial charge in [-0.15, -0.1) is 0 Å². The van der Waals surface area contributed by atoms with Crippen molar-refractivity contribution in [2.45, 2.75) is 5.92 Å². The lowest BCUT2D eigenvalue weighted by Gasteiger charge is -2.18. The predicted molar refractivity (Wildman–Crippen MR) is 129 cm³/mol. The number of hydrogen-bond donors (Lipinski definition) is 1. The molecule has 0 aliphatic carbocycles. The molecule has 160 valence electrons. The van der Waals surface area contributed by atoms with Crippen LogP contribution in [0.5, 0.6) is 0 Å². The van der Waals surface area contributed by atoms with Crippen LogP contribution >= 0.6 is 0 Å². The van der Waals surface area contributed by atoms with Crippen molar-refractivity contribution < 1.29 is 14.0 Å². The second-order valence-electron chi connectivity index (χ2n) is 7.74. The summed E-state index contributed by atoms with van der Waals surface area (Å²) in [6, 6.07) is 35.5. The Labute approximate surface area is 191 Å². The third-order valence-electron chi connectivity index (χ3n) is 5.61. The minimum atomic E-state index is -0.541. The maximum atomic E-state index is 13.7. The zero-order chi connectivity index (χ0) is 22.6. The highest BCUT2D eigenvalue weighted by Crippen LogP contribution is 2.34. The third kappa shape index (κ3) is 4.06. The molecule has 0 aliphatic heterocycles. The molecule has 33 heavy (non-hydrogen) atoms. The molecule has 4 aromatic carbocycles. The Kier molecular flexibility index (Phi) is 5.56. The lowest BCUT2D eigenvalue weighted by atomic mass is 9.90. The van der Waals surface area contributed by atoms with Crippen LogP contribution in [0, 0.1) is 0 Å². The summed E-state index contributed by atoms with van der Waals surface area (Å²) in [6.07, 6.45) is 0. The molecule has 0 radical (unpaired) electrons. The van der Waals surface area contributed by atoms with Gasteiger partial charge in [-0.1, -0.05) is 103 Å².